The summed E-state index contributed by atoms with van der Waals surface area (Å²) in [4.78, 5) is 8.96. The molecule has 0 aromatic carbocycles. The number of aryl methyl sites for hydroxylation is 1. The van der Waals surface area contributed by atoms with Crippen LogP contribution in [0.1, 0.15) is 48.6 Å². The Hall–Kier alpha value is -1.27. The van der Waals surface area contributed by atoms with Gasteiger partial charge in [0, 0.05) is 23.5 Å². The fraction of sp³-hybridized carbons (Fsp3) is 0.667. The summed E-state index contributed by atoms with van der Waals surface area (Å²) in [7, 11) is 0. The Kier molecular flexibility index (Phi) is 4.65. The van der Waals surface area contributed by atoms with Gasteiger partial charge in [0.05, 0.1) is 6.42 Å². The largest absolute Gasteiger partial charge is 0.339 e. The van der Waals surface area contributed by atoms with Gasteiger partial charge in [0.1, 0.15) is 5.01 Å². The van der Waals surface area contributed by atoms with Crippen LogP contribution in [0.25, 0.3) is 0 Å². The maximum Gasteiger partial charge on any atom is 0.228 e. The van der Waals surface area contributed by atoms with Crippen molar-refractivity contribution in [2.45, 2.75) is 52.0 Å². The lowest BCUT2D eigenvalue weighted by atomic mass is 10.1. The number of rotatable bonds is 8. The van der Waals surface area contributed by atoms with Crippen LogP contribution in [-0.4, -0.2) is 27.7 Å². The number of nitrogens with zero attached hydrogens (tertiary/aromatic N) is 3. The molecule has 114 valence electrons. The van der Waals surface area contributed by atoms with Crippen LogP contribution in [0.2, 0.25) is 0 Å². The predicted octanol–water partition coefficient (Wildman–Crippen LogP) is 2.75. The van der Waals surface area contributed by atoms with Crippen molar-refractivity contribution in [3.63, 3.8) is 0 Å². The van der Waals surface area contributed by atoms with Crippen molar-refractivity contribution in [1.29, 1.82) is 0 Å². The van der Waals surface area contributed by atoms with Gasteiger partial charge in [0.25, 0.3) is 0 Å². The number of nitrogens with one attached hydrogen (secondary N) is 1. The van der Waals surface area contributed by atoms with E-state index in [-0.39, 0.29) is 0 Å². The maximum atomic E-state index is 5.41. The van der Waals surface area contributed by atoms with Crippen LogP contribution in [-0.2, 0) is 12.8 Å². The van der Waals surface area contributed by atoms with Crippen molar-refractivity contribution in [3.8, 4) is 0 Å². The Bertz CT molecular complexity index is 576. The number of aromatic nitrogens is 3. The average Bonchev–Trinajstić information content (AvgIpc) is 3.10. The first kappa shape index (κ1) is 14.7. The SMILES string of the molecule is CCCNC(Cc1nc(Cc2nc(C)cs2)no1)C1CC1. The van der Waals surface area contributed by atoms with Crippen molar-refractivity contribution in [2.24, 2.45) is 5.92 Å². The van der Waals surface area contributed by atoms with Gasteiger partial charge in [-0.3, -0.25) is 0 Å². The van der Waals surface area contributed by atoms with Crippen LogP contribution in [0.3, 0.4) is 0 Å². The fourth-order valence-electron chi connectivity index (χ4n) is 2.49. The van der Waals surface area contributed by atoms with E-state index in [2.05, 4.69) is 27.4 Å². The van der Waals surface area contributed by atoms with Gasteiger partial charge in [-0.15, -0.1) is 11.3 Å². The molecule has 0 spiro atoms. The van der Waals surface area contributed by atoms with Gasteiger partial charge in [0.2, 0.25) is 5.89 Å². The molecular weight excluding hydrogens is 284 g/mol. The lowest BCUT2D eigenvalue weighted by Crippen LogP contribution is -2.33. The second kappa shape index (κ2) is 6.66. The highest BCUT2D eigenvalue weighted by Crippen LogP contribution is 2.34. The van der Waals surface area contributed by atoms with Crippen molar-refractivity contribution in [1.82, 2.24) is 20.4 Å². The first-order chi connectivity index (χ1) is 10.2. The molecule has 1 saturated carbocycles. The molecule has 0 saturated heterocycles. The second-order valence-electron chi connectivity index (χ2n) is 5.77. The van der Waals surface area contributed by atoms with Crippen LogP contribution in [0.15, 0.2) is 9.90 Å². The molecule has 3 rings (SSSR count). The molecule has 2 aromatic rings. The lowest BCUT2D eigenvalue weighted by Gasteiger charge is -2.15. The van der Waals surface area contributed by atoms with E-state index in [1.54, 1.807) is 11.3 Å². The van der Waals surface area contributed by atoms with Crippen LogP contribution in [0, 0.1) is 12.8 Å². The normalized spacial score (nSPS) is 16.3. The molecule has 21 heavy (non-hydrogen) atoms. The predicted molar refractivity (Wildman–Crippen MR) is 82.5 cm³/mol. The summed E-state index contributed by atoms with van der Waals surface area (Å²) in [5, 5.41) is 10.8. The van der Waals surface area contributed by atoms with Gasteiger partial charge in [-0.05, 0) is 38.6 Å². The smallest absolute Gasteiger partial charge is 0.228 e. The quantitative estimate of drug-likeness (QED) is 0.812. The minimum atomic E-state index is 0.486. The van der Waals surface area contributed by atoms with Crippen LogP contribution in [0.5, 0.6) is 0 Å². The molecule has 0 radical (unpaired) electrons. The molecule has 0 amide bonds. The Morgan fingerprint density at radius 1 is 1.43 bits per heavy atom. The first-order valence-electron chi connectivity index (χ1n) is 7.70. The molecule has 2 heterocycles. The Morgan fingerprint density at radius 3 is 2.95 bits per heavy atom. The first-order valence-corrected chi connectivity index (χ1v) is 8.58. The molecule has 1 N–H and O–H groups in total. The summed E-state index contributed by atoms with van der Waals surface area (Å²) in [6.45, 7) is 5.25. The Balaban J connectivity index is 1.58. The minimum Gasteiger partial charge on any atom is -0.339 e. The molecule has 1 aliphatic rings. The molecule has 1 atom stereocenters. The zero-order valence-corrected chi connectivity index (χ0v) is 13.4. The van der Waals surface area contributed by atoms with E-state index < -0.39 is 0 Å². The monoisotopic (exact) mass is 306 g/mol. The summed E-state index contributed by atoms with van der Waals surface area (Å²) >= 11 is 1.65. The van der Waals surface area contributed by atoms with E-state index in [0.29, 0.717) is 12.5 Å². The molecule has 0 bridgehead atoms. The highest BCUT2D eigenvalue weighted by atomic mass is 32.1. The van der Waals surface area contributed by atoms with Crippen molar-refractivity contribution >= 4 is 11.3 Å². The van der Waals surface area contributed by atoms with E-state index >= 15 is 0 Å². The van der Waals surface area contributed by atoms with Gasteiger partial charge < -0.3 is 9.84 Å². The third-order valence-corrected chi connectivity index (χ3v) is 4.69. The lowest BCUT2D eigenvalue weighted by molar-refractivity contribution is 0.343. The van der Waals surface area contributed by atoms with Crippen LogP contribution < -0.4 is 5.32 Å². The zero-order valence-electron chi connectivity index (χ0n) is 12.6. The summed E-state index contributed by atoms with van der Waals surface area (Å²) in [5.41, 5.74) is 1.05. The molecule has 1 fully saturated rings. The third kappa shape index (κ3) is 4.11. The second-order valence-corrected chi connectivity index (χ2v) is 6.71. The van der Waals surface area contributed by atoms with Crippen molar-refractivity contribution < 1.29 is 4.52 Å². The molecule has 1 aliphatic carbocycles. The van der Waals surface area contributed by atoms with E-state index in [1.807, 2.05) is 12.3 Å². The summed E-state index contributed by atoms with van der Waals surface area (Å²) in [5.74, 6) is 2.27. The number of hydrogen-bond acceptors (Lipinski definition) is 6. The minimum absolute atomic E-state index is 0.486. The van der Waals surface area contributed by atoms with E-state index in [4.69, 9.17) is 4.52 Å². The van der Waals surface area contributed by atoms with Gasteiger partial charge >= 0.3 is 0 Å². The van der Waals surface area contributed by atoms with Gasteiger partial charge in [-0.25, -0.2) is 4.98 Å². The molecule has 0 aliphatic heterocycles. The summed E-state index contributed by atoms with van der Waals surface area (Å²) < 4.78 is 5.41. The maximum absolute atomic E-state index is 5.41. The molecular formula is C15H22N4OS. The Labute approximate surface area is 129 Å². The molecule has 5 nitrogen and oxygen atoms in total. The van der Waals surface area contributed by atoms with E-state index in [9.17, 15) is 0 Å². The van der Waals surface area contributed by atoms with Gasteiger partial charge in [-0.1, -0.05) is 12.1 Å². The molecule has 2 aromatic heterocycles. The third-order valence-electron chi connectivity index (χ3n) is 3.73. The van der Waals surface area contributed by atoms with E-state index in [0.717, 1.165) is 47.7 Å². The van der Waals surface area contributed by atoms with Gasteiger partial charge in [0.15, 0.2) is 5.82 Å². The van der Waals surface area contributed by atoms with Gasteiger partial charge in [-0.2, -0.15) is 4.98 Å². The Morgan fingerprint density at radius 2 is 2.29 bits per heavy atom. The zero-order chi connectivity index (χ0) is 14.7. The molecule has 1 unspecified atom stereocenters. The average molecular weight is 306 g/mol. The topological polar surface area (TPSA) is 63.8 Å². The standard InChI is InChI=1S/C15H22N4OS/c1-3-6-16-12(11-4-5-11)7-14-18-13(19-20-14)8-15-17-10(2)9-21-15/h9,11-12,16H,3-8H2,1-2H3. The summed E-state index contributed by atoms with van der Waals surface area (Å²) in [6, 6.07) is 0.486. The van der Waals surface area contributed by atoms with E-state index in [1.165, 1.54) is 12.8 Å². The van der Waals surface area contributed by atoms with Crippen molar-refractivity contribution in [3.05, 3.63) is 27.8 Å². The van der Waals surface area contributed by atoms with Crippen LogP contribution in [0.4, 0.5) is 0 Å². The summed E-state index contributed by atoms with van der Waals surface area (Å²) in [6.07, 6.45) is 5.30. The number of hydrogen-bond donors (Lipinski definition) is 1. The van der Waals surface area contributed by atoms with Crippen molar-refractivity contribution in [2.75, 3.05) is 6.54 Å². The fourth-order valence-corrected chi connectivity index (χ4v) is 3.25. The highest BCUT2D eigenvalue weighted by Gasteiger charge is 2.32. The molecule has 6 heteroatoms. The number of thiazole rings is 1. The highest BCUT2D eigenvalue weighted by molar-refractivity contribution is 7.09. The van der Waals surface area contributed by atoms with Crippen LogP contribution >= 0.6 is 11.3 Å².